The Bertz CT molecular complexity index is 733. The van der Waals surface area contributed by atoms with Crippen LogP contribution in [-0.2, 0) is 4.79 Å². The van der Waals surface area contributed by atoms with Gasteiger partial charge in [-0.05, 0) is 18.9 Å². The first-order valence-electron chi connectivity index (χ1n) is 7.61. The van der Waals surface area contributed by atoms with Gasteiger partial charge in [-0.1, -0.05) is 19.9 Å². The van der Waals surface area contributed by atoms with E-state index in [1.54, 1.807) is 17.0 Å². The number of Topliss-reactive ketones (excluding diaryl/α,β-unsaturated/α-hetero) is 1. The van der Waals surface area contributed by atoms with E-state index in [9.17, 15) is 14.9 Å². The van der Waals surface area contributed by atoms with E-state index in [1.165, 1.54) is 12.4 Å². The minimum absolute atomic E-state index is 0.0848. The first-order valence-corrected chi connectivity index (χ1v) is 7.61. The highest BCUT2D eigenvalue weighted by Crippen LogP contribution is 2.48. The maximum absolute atomic E-state index is 12.6. The van der Waals surface area contributed by atoms with Gasteiger partial charge in [-0.3, -0.25) is 9.59 Å². The highest BCUT2D eigenvalue weighted by molar-refractivity contribution is 6.03. The Kier molecular flexibility index (Phi) is 3.52. The number of amides is 1. The standard InChI is InChI=1S/C17H18N4O2/c1-16(2)10-17(7-13(8-18)14(16)22)4-6-21(11-17)15(23)12-3-5-19-20-9-12/h3,5,7,9H,4,6,10-11H2,1-2H3. The van der Waals surface area contributed by atoms with Crippen LogP contribution in [0.5, 0.6) is 0 Å². The molecular weight excluding hydrogens is 292 g/mol. The van der Waals surface area contributed by atoms with Crippen LogP contribution in [0.1, 0.15) is 37.0 Å². The normalized spacial score (nSPS) is 26.0. The Morgan fingerprint density at radius 2 is 2.17 bits per heavy atom. The van der Waals surface area contributed by atoms with E-state index in [4.69, 9.17) is 0 Å². The molecule has 1 aromatic heterocycles. The molecule has 2 aliphatic rings. The fourth-order valence-electron chi connectivity index (χ4n) is 3.76. The summed E-state index contributed by atoms with van der Waals surface area (Å²) < 4.78 is 0. The zero-order chi connectivity index (χ0) is 16.7. The number of aromatic nitrogens is 2. The minimum Gasteiger partial charge on any atom is -0.338 e. The number of ketones is 1. The summed E-state index contributed by atoms with van der Waals surface area (Å²) >= 11 is 0. The third-order valence-electron chi connectivity index (χ3n) is 4.73. The number of nitriles is 1. The van der Waals surface area contributed by atoms with Crippen molar-refractivity contribution < 1.29 is 9.59 Å². The smallest absolute Gasteiger partial charge is 0.255 e. The molecule has 6 nitrogen and oxygen atoms in total. The zero-order valence-electron chi connectivity index (χ0n) is 13.2. The number of carbonyl (C=O) groups is 2. The molecule has 0 saturated carbocycles. The molecule has 1 spiro atoms. The minimum atomic E-state index is -0.572. The van der Waals surface area contributed by atoms with E-state index in [-0.39, 0.29) is 22.7 Å². The van der Waals surface area contributed by atoms with Crippen molar-refractivity contribution in [1.29, 1.82) is 5.26 Å². The van der Waals surface area contributed by atoms with Crippen molar-refractivity contribution in [1.82, 2.24) is 15.1 Å². The van der Waals surface area contributed by atoms with Gasteiger partial charge in [0.25, 0.3) is 5.91 Å². The quantitative estimate of drug-likeness (QED) is 0.788. The maximum atomic E-state index is 12.6. The molecule has 1 amide bonds. The lowest BCUT2D eigenvalue weighted by Crippen LogP contribution is -2.40. The summed E-state index contributed by atoms with van der Waals surface area (Å²) in [6, 6.07) is 3.67. The summed E-state index contributed by atoms with van der Waals surface area (Å²) in [7, 11) is 0. The monoisotopic (exact) mass is 310 g/mol. The molecule has 1 aromatic rings. The number of carbonyl (C=O) groups excluding carboxylic acids is 2. The summed E-state index contributed by atoms with van der Waals surface area (Å²) in [5.41, 5.74) is -0.135. The highest BCUT2D eigenvalue weighted by atomic mass is 16.2. The Hall–Kier alpha value is -2.55. The van der Waals surface area contributed by atoms with Gasteiger partial charge in [-0.15, -0.1) is 0 Å². The Labute approximate surface area is 134 Å². The largest absolute Gasteiger partial charge is 0.338 e. The molecule has 23 heavy (non-hydrogen) atoms. The molecule has 0 aromatic carbocycles. The van der Waals surface area contributed by atoms with Gasteiger partial charge in [0.15, 0.2) is 5.78 Å². The van der Waals surface area contributed by atoms with Crippen molar-refractivity contribution >= 4 is 11.7 Å². The van der Waals surface area contributed by atoms with Crippen molar-refractivity contribution in [3.05, 3.63) is 35.7 Å². The molecule has 1 unspecified atom stereocenters. The third kappa shape index (κ3) is 2.63. The molecule has 2 heterocycles. The van der Waals surface area contributed by atoms with E-state index in [1.807, 2.05) is 19.9 Å². The summed E-state index contributed by atoms with van der Waals surface area (Å²) in [5, 5.41) is 16.7. The topological polar surface area (TPSA) is 87.0 Å². The first kappa shape index (κ1) is 15.3. The molecule has 1 fully saturated rings. The fraction of sp³-hybridized carbons (Fsp3) is 0.471. The van der Waals surface area contributed by atoms with Gasteiger partial charge < -0.3 is 4.90 Å². The van der Waals surface area contributed by atoms with Gasteiger partial charge in [-0.2, -0.15) is 15.5 Å². The molecule has 1 aliphatic carbocycles. The van der Waals surface area contributed by atoms with E-state index in [0.29, 0.717) is 25.1 Å². The zero-order valence-corrected chi connectivity index (χ0v) is 13.2. The summed E-state index contributed by atoms with van der Waals surface area (Å²) in [4.78, 5) is 26.6. The van der Waals surface area contributed by atoms with Crippen molar-refractivity contribution in [3.8, 4) is 6.07 Å². The van der Waals surface area contributed by atoms with Crippen LogP contribution >= 0.6 is 0 Å². The molecule has 1 saturated heterocycles. The van der Waals surface area contributed by atoms with Gasteiger partial charge in [0.2, 0.25) is 0 Å². The number of nitrogens with zero attached hydrogens (tertiary/aromatic N) is 4. The summed E-state index contributed by atoms with van der Waals surface area (Å²) in [6.45, 7) is 4.88. The van der Waals surface area contributed by atoms with Crippen molar-refractivity contribution in [2.75, 3.05) is 13.1 Å². The van der Waals surface area contributed by atoms with Crippen LogP contribution in [0.15, 0.2) is 30.1 Å². The van der Waals surface area contributed by atoms with Gasteiger partial charge in [0, 0.05) is 23.9 Å². The lowest BCUT2D eigenvalue weighted by atomic mass is 9.64. The second-order valence-corrected chi connectivity index (χ2v) is 7.03. The lowest BCUT2D eigenvalue weighted by Gasteiger charge is -2.38. The molecule has 0 bridgehead atoms. The maximum Gasteiger partial charge on any atom is 0.255 e. The molecular formula is C17H18N4O2. The Morgan fingerprint density at radius 3 is 2.83 bits per heavy atom. The van der Waals surface area contributed by atoms with Crippen LogP contribution in [-0.4, -0.2) is 39.9 Å². The Balaban J connectivity index is 1.87. The number of hydrogen-bond donors (Lipinski definition) is 0. The predicted molar refractivity (Wildman–Crippen MR) is 82.1 cm³/mol. The SMILES string of the molecule is CC1(C)CC2(C=C(C#N)C1=O)CCN(C(=O)c1ccnnc1)C2. The van der Waals surface area contributed by atoms with Gasteiger partial charge >= 0.3 is 0 Å². The molecule has 1 atom stereocenters. The number of likely N-dealkylation sites (tertiary alicyclic amines) is 1. The average molecular weight is 310 g/mol. The van der Waals surface area contributed by atoms with Crippen molar-refractivity contribution in [3.63, 3.8) is 0 Å². The molecule has 118 valence electrons. The molecule has 3 rings (SSSR count). The number of rotatable bonds is 1. The van der Waals surface area contributed by atoms with Gasteiger partial charge in [-0.25, -0.2) is 0 Å². The average Bonchev–Trinajstić information content (AvgIpc) is 2.94. The van der Waals surface area contributed by atoms with Gasteiger partial charge in [0.1, 0.15) is 6.07 Å². The van der Waals surface area contributed by atoms with E-state index in [0.717, 1.165) is 6.42 Å². The molecule has 6 heteroatoms. The molecule has 0 N–H and O–H groups in total. The second-order valence-electron chi connectivity index (χ2n) is 7.03. The van der Waals surface area contributed by atoms with Crippen LogP contribution < -0.4 is 0 Å². The van der Waals surface area contributed by atoms with Crippen LogP contribution in [0.3, 0.4) is 0 Å². The second kappa shape index (κ2) is 5.27. The number of hydrogen-bond acceptors (Lipinski definition) is 5. The molecule has 1 aliphatic heterocycles. The van der Waals surface area contributed by atoms with Crippen molar-refractivity contribution in [2.24, 2.45) is 10.8 Å². The molecule has 0 radical (unpaired) electrons. The lowest BCUT2D eigenvalue weighted by molar-refractivity contribution is -0.125. The van der Waals surface area contributed by atoms with E-state index < -0.39 is 5.41 Å². The Morgan fingerprint density at radius 1 is 1.39 bits per heavy atom. The third-order valence-corrected chi connectivity index (χ3v) is 4.73. The van der Waals surface area contributed by atoms with E-state index >= 15 is 0 Å². The summed E-state index contributed by atoms with van der Waals surface area (Å²) in [6.07, 6.45) is 6.16. The predicted octanol–water partition coefficient (Wildman–Crippen LogP) is 1.76. The van der Waals surface area contributed by atoms with Crippen LogP contribution in [0.25, 0.3) is 0 Å². The van der Waals surface area contributed by atoms with Gasteiger partial charge in [0.05, 0.1) is 23.5 Å². The number of allylic oxidation sites excluding steroid dienone is 1. The van der Waals surface area contributed by atoms with Crippen molar-refractivity contribution in [2.45, 2.75) is 26.7 Å². The van der Waals surface area contributed by atoms with Crippen LogP contribution in [0.4, 0.5) is 0 Å². The fourth-order valence-corrected chi connectivity index (χ4v) is 3.76. The van der Waals surface area contributed by atoms with Crippen LogP contribution in [0, 0.1) is 22.2 Å². The summed E-state index contributed by atoms with van der Waals surface area (Å²) in [5.74, 6) is -0.188. The van der Waals surface area contributed by atoms with Crippen LogP contribution in [0.2, 0.25) is 0 Å². The highest BCUT2D eigenvalue weighted by Gasteiger charge is 2.48. The first-order chi connectivity index (χ1) is 10.9. The van der Waals surface area contributed by atoms with E-state index in [2.05, 4.69) is 10.2 Å².